The van der Waals surface area contributed by atoms with Gasteiger partial charge in [-0.05, 0) is 44.4 Å². The fraction of sp³-hybridized carbons (Fsp3) is 0.357. The third kappa shape index (κ3) is 5.88. The molecule has 1 aliphatic heterocycles. The zero-order valence-electron chi connectivity index (χ0n) is 20.9. The first-order valence-corrected chi connectivity index (χ1v) is 12.5. The number of carbonyl (C=O) groups excluding carboxylic acids is 1. The number of nitrogens with one attached hydrogen (secondary N) is 1. The van der Waals surface area contributed by atoms with Crippen LogP contribution in [-0.4, -0.2) is 43.6 Å². The van der Waals surface area contributed by atoms with Gasteiger partial charge in [-0.2, -0.15) is 4.98 Å². The quantitative estimate of drug-likeness (QED) is 0.405. The third-order valence-electron chi connectivity index (χ3n) is 6.78. The van der Waals surface area contributed by atoms with Crippen LogP contribution in [0.4, 0.5) is 0 Å². The Labute approximate surface area is 211 Å². The van der Waals surface area contributed by atoms with E-state index in [9.17, 15) is 4.79 Å². The first-order valence-electron chi connectivity index (χ1n) is 12.5. The minimum atomic E-state index is -0.0401. The topological polar surface area (TPSA) is 89.1 Å². The molecule has 0 bridgehead atoms. The maximum absolute atomic E-state index is 12.9. The average Bonchev–Trinajstić information content (AvgIpc) is 3.53. The van der Waals surface area contributed by atoms with Crippen molar-refractivity contribution in [3.05, 3.63) is 89.3 Å². The second kappa shape index (κ2) is 10.9. The number of aromatic nitrogens is 4. The van der Waals surface area contributed by atoms with Crippen molar-refractivity contribution in [2.45, 2.75) is 46.3 Å². The molecule has 1 saturated heterocycles. The van der Waals surface area contributed by atoms with Crippen molar-refractivity contribution in [2.24, 2.45) is 5.92 Å². The van der Waals surface area contributed by atoms with E-state index in [0.717, 1.165) is 42.9 Å². The van der Waals surface area contributed by atoms with Crippen LogP contribution in [-0.2, 0) is 24.4 Å². The molecule has 1 fully saturated rings. The molecule has 186 valence electrons. The lowest BCUT2D eigenvalue weighted by Gasteiger charge is -2.30. The molecular weight excluding hydrogens is 452 g/mol. The molecule has 1 amide bonds. The van der Waals surface area contributed by atoms with Gasteiger partial charge in [0.2, 0.25) is 17.6 Å². The summed E-state index contributed by atoms with van der Waals surface area (Å²) >= 11 is 0. The largest absolute Gasteiger partial charge is 0.352 e. The molecule has 3 heterocycles. The Bertz CT molecular complexity index is 1290. The molecule has 1 aliphatic rings. The molecule has 8 nitrogen and oxygen atoms in total. The van der Waals surface area contributed by atoms with E-state index < -0.39 is 0 Å². The van der Waals surface area contributed by atoms with Crippen LogP contribution in [0.3, 0.4) is 0 Å². The van der Waals surface area contributed by atoms with Crippen LogP contribution in [0.2, 0.25) is 0 Å². The van der Waals surface area contributed by atoms with Crippen LogP contribution >= 0.6 is 0 Å². The highest BCUT2D eigenvalue weighted by Gasteiger charge is 2.26. The van der Waals surface area contributed by atoms with E-state index in [0.29, 0.717) is 31.3 Å². The van der Waals surface area contributed by atoms with Crippen LogP contribution in [0.5, 0.6) is 0 Å². The number of nitrogens with zero attached hydrogens (tertiary/aromatic N) is 5. The van der Waals surface area contributed by atoms with Crippen molar-refractivity contribution >= 4 is 5.91 Å². The number of benzene rings is 2. The monoisotopic (exact) mass is 484 g/mol. The number of hydrogen-bond donors (Lipinski definition) is 1. The number of imidazole rings is 1. The fourth-order valence-corrected chi connectivity index (χ4v) is 4.61. The SMILES string of the molecule is Cc1ccc(-c2noc(CN3CCCC(C(=O)NCc4ccc(Cn5ccnc5C)cc4)C3)n2)cc1. The van der Waals surface area contributed by atoms with E-state index in [-0.39, 0.29) is 11.8 Å². The van der Waals surface area contributed by atoms with Crippen LogP contribution < -0.4 is 5.32 Å². The first kappa shape index (κ1) is 23.9. The summed E-state index contributed by atoms with van der Waals surface area (Å²) in [6.07, 6.45) is 5.66. The summed E-state index contributed by atoms with van der Waals surface area (Å²) in [6, 6.07) is 16.5. The number of hydrogen-bond acceptors (Lipinski definition) is 6. The Kier molecular flexibility index (Phi) is 7.23. The van der Waals surface area contributed by atoms with Crippen LogP contribution in [0.1, 0.15) is 41.2 Å². The van der Waals surface area contributed by atoms with Crippen molar-refractivity contribution in [2.75, 3.05) is 13.1 Å². The Morgan fingerprint density at radius 1 is 1.06 bits per heavy atom. The van der Waals surface area contributed by atoms with Crippen LogP contribution in [0, 0.1) is 19.8 Å². The van der Waals surface area contributed by atoms with Gasteiger partial charge in [0, 0.05) is 37.6 Å². The molecule has 36 heavy (non-hydrogen) atoms. The van der Waals surface area contributed by atoms with Crippen LogP contribution in [0.15, 0.2) is 65.4 Å². The number of carbonyl (C=O) groups is 1. The van der Waals surface area contributed by atoms with Crippen molar-refractivity contribution in [3.63, 3.8) is 0 Å². The summed E-state index contributed by atoms with van der Waals surface area (Å²) in [6.45, 7) is 7.55. The Hall–Kier alpha value is -3.78. The van der Waals surface area contributed by atoms with E-state index >= 15 is 0 Å². The maximum atomic E-state index is 12.9. The van der Waals surface area contributed by atoms with Gasteiger partial charge in [0.15, 0.2) is 0 Å². The van der Waals surface area contributed by atoms with Gasteiger partial charge < -0.3 is 14.4 Å². The summed E-state index contributed by atoms with van der Waals surface area (Å²) in [5.41, 5.74) is 4.44. The molecule has 0 aliphatic carbocycles. The molecule has 1 atom stereocenters. The Morgan fingerprint density at radius 3 is 2.58 bits per heavy atom. The minimum absolute atomic E-state index is 0.0401. The Balaban J connectivity index is 1.11. The molecule has 5 rings (SSSR count). The third-order valence-corrected chi connectivity index (χ3v) is 6.78. The molecule has 8 heteroatoms. The minimum Gasteiger partial charge on any atom is -0.352 e. The van der Waals surface area contributed by atoms with Gasteiger partial charge in [0.1, 0.15) is 5.82 Å². The molecule has 1 unspecified atom stereocenters. The van der Waals surface area contributed by atoms with Crippen molar-refractivity contribution in [1.29, 1.82) is 0 Å². The number of rotatable bonds is 8. The van der Waals surface area contributed by atoms with Gasteiger partial charge in [0.25, 0.3) is 0 Å². The summed E-state index contributed by atoms with van der Waals surface area (Å²) in [7, 11) is 0. The zero-order valence-corrected chi connectivity index (χ0v) is 20.9. The first-order chi connectivity index (χ1) is 17.5. The normalized spacial score (nSPS) is 16.2. The molecule has 2 aromatic heterocycles. The second-order valence-corrected chi connectivity index (χ2v) is 9.59. The summed E-state index contributed by atoms with van der Waals surface area (Å²) < 4.78 is 7.61. The van der Waals surface area contributed by atoms with Crippen molar-refractivity contribution < 1.29 is 9.32 Å². The van der Waals surface area contributed by atoms with Gasteiger partial charge in [0.05, 0.1) is 12.5 Å². The van der Waals surface area contributed by atoms with Crippen LogP contribution in [0.25, 0.3) is 11.4 Å². The molecular formula is C28H32N6O2. The molecule has 0 saturated carbocycles. The van der Waals surface area contributed by atoms with E-state index in [1.165, 1.54) is 11.1 Å². The van der Waals surface area contributed by atoms with Gasteiger partial charge in [-0.25, -0.2) is 4.98 Å². The fourth-order valence-electron chi connectivity index (χ4n) is 4.61. The zero-order chi connectivity index (χ0) is 24.9. The molecule has 0 spiro atoms. The van der Waals surface area contributed by atoms with Gasteiger partial charge in [-0.15, -0.1) is 0 Å². The highest BCUT2D eigenvalue weighted by atomic mass is 16.5. The number of aryl methyl sites for hydroxylation is 2. The molecule has 1 N–H and O–H groups in total. The van der Waals surface area contributed by atoms with Gasteiger partial charge in [-0.3, -0.25) is 9.69 Å². The average molecular weight is 485 g/mol. The van der Waals surface area contributed by atoms with Gasteiger partial charge >= 0.3 is 0 Å². The van der Waals surface area contributed by atoms with Gasteiger partial charge in [-0.1, -0.05) is 59.3 Å². The predicted molar refractivity (Wildman–Crippen MR) is 137 cm³/mol. The summed E-state index contributed by atoms with van der Waals surface area (Å²) in [5.74, 6) is 2.24. The standard InChI is InChI=1S/C28H32N6O2/c1-20-5-11-24(12-6-20)27-31-26(36-32-27)19-33-14-3-4-25(18-33)28(35)30-16-22-7-9-23(10-8-22)17-34-15-13-29-21(34)2/h5-13,15,25H,3-4,14,16-19H2,1-2H3,(H,30,35). The van der Waals surface area contributed by atoms with E-state index in [4.69, 9.17) is 4.52 Å². The lowest BCUT2D eigenvalue weighted by molar-refractivity contribution is -0.127. The lowest BCUT2D eigenvalue weighted by Crippen LogP contribution is -2.42. The molecule has 2 aromatic carbocycles. The van der Waals surface area contributed by atoms with E-state index in [2.05, 4.69) is 61.1 Å². The highest BCUT2D eigenvalue weighted by molar-refractivity contribution is 5.79. The number of likely N-dealkylation sites (tertiary alicyclic amines) is 1. The smallest absolute Gasteiger partial charge is 0.241 e. The maximum Gasteiger partial charge on any atom is 0.241 e. The number of piperidine rings is 1. The molecule has 0 radical (unpaired) electrons. The number of amides is 1. The molecule has 4 aromatic rings. The Morgan fingerprint density at radius 2 is 1.83 bits per heavy atom. The van der Waals surface area contributed by atoms with Crippen molar-refractivity contribution in [1.82, 2.24) is 29.9 Å². The van der Waals surface area contributed by atoms with E-state index in [1.54, 1.807) is 0 Å². The van der Waals surface area contributed by atoms with Crippen molar-refractivity contribution in [3.8, 4) is 11.4 Å². The summed E-state index contributed by atoms with van der Waals surface area (Å²) in [5, 5.41) is 7.26. The second-order valence-electron chi connectivity index (χ2n) is 9.59. The van der Waals surface area contributed by atoms with E-state index in [1.807, 2.05) is 43.6 Å². The lowest BCUT2D eigenvalue weighted by atomic mass is 9.97. The highest BCUT2D eigenvalue weighted by Crippen LogP contribution is 2.21. The predicted octanol–water partition coefficient (Wildman–Crippen LogP) is 4.13. The summed E-state index contributed by atoms with van der Waals surface area (Å²) in [4.78, 5) is 24.0.